The predicted molar refractivity (Wildman–Crippen MR) is 114 cm³/mol. The number of imidazole rings is 1. The summed E-state index contributed by atoms with van der Waals surface area (Å²) in [7, 11) is 0. The molecular formula is C18H18ClN7S2. The predicted octanol–water partition coefficient (Wildman–Crippen LogP) is 3.82. The van der Waals surface area contributed by atoms with Crippen LogP contribution in [0.2, 0.25) is 5.02 Å². The Labute approximate surface area is 174 Å². The van der Waals surface area contributed by atoms with Gasteiger partial charge in [-0.25, -0.2) is 19.9 Å². The number of fused-ring (bicyclic) bond motifs is 2. The molecule has 0 bridgehead atoms. The quantitative estimate of drug-likeness (QED) is 0.429. The lowest BCUT2D eigenvalue weighted by Gasteiger charge is -2.08. The number of aromatic nitrogens is 5. The lowest BCUT2D eigenvalue weighted by molar-refractivity contribution is 0.558. The van der Waals surface area contributed by atoms with E-state index in [1.807, 2.05) is 18.2 Å². The number of thiazole rings is 1. The fourth-order valence-corrected chi connectivity index (χ4v) is 5.40. The molecule has 0 aliphatic heterocycles. The van der Waals surface area contributed by atoms with Gasteiger partial charge in [0, 0.05) is 13.1 Å². The second-order valence-electron chi connectivity index (χ2n) is 6.79. The molecule has 3 heterocycles. The highest BCUT2D eigenvalue weighted by Gasteiger charge is 2.21. The van der Waals surface area contributed by atoms with E-state index in [2.05, 4.69) is 19.9 Å². The molecule has 3 N–H and O–H groups in total. The molecule has 0 unspecified atom stereocenters. The van der Waals surface area contributed by atoms with Crippen LogP contribution in [-0.2, 0) is 6.54 Å². The van der Waals surface area contributed by atoms with Crippen LogP contribution in [0.4, 0.5) is 5.82 Å². The number of nitrogens with two attached hydrogens (primary N) is 1. The van der Waals surface area contributed by atoms with Gasteiger partial charge in [0.05, 0.1) is 15.2 Å². The second kappa shape index (κ2) is 7.47. The minimum atomic E-state index is 0.392. The van der Waals surface area contributed by atoms with Crippen molar-refractivity contribution in [2.45, 2.75) is 28.9 Å². The molecule has 1 aliphatic carbocycles. The number of rotatable bonds is 7. The first-order valence-corrected chi connectivity index (χ1v) is 11.1. The molecule has 0 radical (unpaired) electrons. The highest BCUT2D eigenvalue weighted by Crippen LogP contribution is 2.38. The van der Waals surface area contributed by atoms with Crippen molar-refractivity contribution in [2.75, 3.05) is 18.8 Å². The molecule has 3 aromatic heterocycles. The average molecular weight is 432 g/mol. The number of nitrogen functional groups attached to an aromatic ring is 1. The Hall–Kier alpha value is -1.94. The third-order valence-corrected chi connectivity index (χ3v) is 7.28. The minimum Gasteiger partial charge on any atom is -0.382 e. The van der Waals surface area contributed by atoms with Gasteiger partial charge in [-0.15, -0.1) is 11.3 Å². The number of benzene rings is 1. The summed E-state index contributed by atoms with van der Waals surface area (Å²) in [5.41, 5.74) is 8.31. The molecule has 1 aliphatic rings. The number of hydrogen-bond acceptors (Lipinski definition) is 8. The molecule has 0 amide bonds. The van der Waals surface area contributed by atoms with Gasteiger partial charge in [-0.2, -0.15) is 0 Å². The molecule has 10 heteroatoms. The van der Waals surface area contributed by atoms with Gasteiger partial charge >= 0.3 is 0 Å². The standard InChI is InChI=1S/C18H18ClN7S2/c19-11-2-1-3-12-14(11)27-18(24-12)28-17-25-13-15(20)22-9-23-16(13)26(17)7-6-21-8-10-4-5-10/h1-3,9-10,21H,4-8H2,(H2,20,22,23). The van der Waals surface area contributed by atoms with Crippen LogP contribution in [0.3, 0.4) is 0 Å². The molecule has 5 rings (SSSR count). The van der Waals surface area contributed by atoms with E-state index in [0.29, 0.717) is 11.3 Å². The van der Waals surface area contributed by atoms with Crippen LogP contribution in [0.5, 0.6) is 0 Å². The first kappa shape index (κ1) is 18.1. The number of nitrogens with zero attached hydrogens (tertiary/aromatic N) is 5. The van der Waals surface area contributed by atoms with Crippen molar-refractivity contribution in [3.63, 3.8) is 0 Å². The molecule has 0 saturated heterocycles. The maximum Gasteiger partial charge on any atom is 0.177 e. The van der Waals surface area contributed by atoms with Crippen LogP contribution in [0.25, 0.3) is 21.4 Å². The summed E-state index contributed by atoms with van der Waals surface area (Å²) in [6.45, 7) is 2.68. The third kappa shape index (κ3) is 3.55. The molecule has 1 aromatic carbocycles. The lowest BCUT2D eigenvalue weighted by atomic mass is 10.3. The summed E-state index contributed by atoms with van der Waals surface area (Å²) in [4.78, 5) is 17.9. The maximum absolute atomic E-state index is 6.30. The number of nitrogens with one attached hydrogen (secondary N) is 1. The SMILES string of the molecule is Nc1ncnc2c1nc(Sc1nc3cccc(Cl)c3s1)n2CCNCC1CC1. The van der Waals surface area contributed by atoms with Gasteiger partial charge in [-0.1, -0.05) is 17.7 Å². The van der Waals surface area contributed by atoms with Crippen molar-refractivity contribution in [3.05, 3.63) is 29.5 Å². The zero-order chi connectivity index (χ0) is 19.1. The molecule has 7 nitrogen and oxygen atoms in total. The Morgan fingerprint density at radius 3 is 3.00 bits per heavy atom. The summed E-state index contributed by atoms with van der Waals surface area (Å²) in [6.07, 6.45) is 4.16. The van der Waals surface area contributed by atoms with Gasteiger partial charge in [0.2, 0.25) is 0 Å². The van der Waals surface area contributed by atoms with Crippen molar-refractivity contribution in [1.29, 1.82) is 0 Å². The van der Waals surface area contributed by atoms with Crippen LogP contribution >= 0.6 is 34.7 Å². The van der Waals surface area contributed by atoms with Crippen LogP contribution < -0.4 is 11.1 Å². The Morgan fingerprint density at radius 2 is 2.18 bits per heavy atom. The van der Waals surface area contributed by atoms with E-state index >= 15 is 0 Å². The zero-order valence-corrected chi connectivity index (χ0v) is 17.3. The summed E-state index contributed by atoms with van der Waals surface area (Å²) >= 11 is 9.38. The van der Waals surface area contributed by atoms with Gasteiger partial charge in [0.1, 0.15) is 6.33 Å². The maximum atomic E-state index is 6.30. The molecule has 1 saturated carbocycles. The first-order valence-electron chi connectivity index (χ1n) is 9.09. The molecule has 1 fully saturated rings. The topological polar surface area (TPSA) is 94.5 Å². The second-order valence-corrected chi connectivity index (χ2v) is 9.42. The molecular weight excluding hydrogens is 414 g/mol. The zero-order valence-electron chi connectivity index (χ0n) is 14.9. The Kier molecular flexibility index (Phi) is 4.83. The molecule has 28 heavy (non-hydrogen) atoms. The van der Waals surface area contributed by atoms with Crippen LogP contribution in [0.1, 0.15) is 12.8 Å². The molecule has 0 spiro atoms. The van der Waals surface area contributed by atoms with E-state index in [4.69, 9.17) is 27.3 Å². The highest BCUT2D eigenvalue weighted by molar-refractivity contribution is 8.01. The third-order valence-electron chi connectivity index (χ3n) is 4.69. The molecule has 144 valence electrons. The van der Waals surface area contributed by atoms with E-state index < -0.39 is 0 Å². The van der Waals surface area contributed by atoms with Crippen LogP contribution in [0.15, 0.2) is 34.0 Å². The summed E-state index contributed by atoms with van der Waals surface area (Å²) in [5, 5.41) is 5.05. The minimum absolute atomic E-state index is 0.392. The summed E-state index contributed by atoms with van der Waals surface area (Å²) < 4.78 is 3.96. The molecule has 0 atom stereocenters. The van der Waals surface area contributed by atoms with Gasteiger partial charge in [0.25, 0.3) is 0 Å². The number of anilines is 1. The van der Waals surface area contributed by atoms with Crippen LogP contribution in [-0.4, -0.2) is 37.6 Å². The van der Waals surface area contributed by atoms with Crippen LogP contribution in [0, 0.1) is 5.92 Å². The van der Waals surface area contributed by atoms with Gasteiger partial charge in [-0.3, -0.25) is 0 Å². The fourth-order valence-electron chi connectivity index (χ4n) is 3.05. The van der Waals surface area contributed by atoms with Gasteiger partial charge < -0.3 is 15.6 Å². The number of halogens is 1. The number of hydrogen-bond donors (Lipinski definition) is 2. The van der Waals surface area contributed by atoms with Gasteiger partial charge in [-0.05, 0) is 49.2 Å². The smallest absolute Gasteiger partial charge is 0.177 e. The van der Waals surface area contributed by atoms with Crippen molar-refractivity contribution in [3.8, 4) is 0 Å². The normalized spacial score (nSPS) is 14.3. The highest BCUT2D eigenvalue weighted by atomic mass is 35.5. The fraction of sp³-hybridized carbons (Fsp3) is 0.333. The van der Waals surface area contributed by atoms with Crippen molar-refractivity contribution < 1.29 is 0 Å². The summed E-state index contributed by atoms with van der Waals surface area (Å²) in [6, 6.07) is 5.76. The Balaban J connectivity index is 1.46. The van der Waals surface area contributed by atoms with Crippen molar-refractivity contribution in [1.82, 2.24) is 29.8 Å². The Morgan fingerprint density at radius 1 is 1.29 bits per heavy atom. The van der Waals surface area contributed by atoms with Crippen molar-refractivity contribution >= 4 is 61.9 Å². The Bertz CT molecular complexity index is 1150. The van der Waals surface area contributed by atoms with E-state index in [9.17, 15) is 0 Å². The van der Waals surface area contributed by atoms with E-state index in [-0.39, 0.29) is 0 Å². The molecule has 4 aromatic rings. The lowest BCUT2D eigenvalue weighted by Crippen LogP contribution is -2.22. The largest absolute Gasteiger partial charge is 0.382 e. The average Bonchev–Trinajstić information content (AvgIpc) is 3.30. The summed E-state index contributed by atoms with van der Waals surface area (Å²) in [5.74, 6) is 1.24. The van der Waals surface area contributed by atoms with E-state index in [0.717, 1.165) is 55.9 Å². The van der Waals surface area contributed by atoms with Gasteiger partial charge in [0.15, 0.2) is 26.5 Å². The van der Waals surface area contributed by atoms with E-state index in [1.54, 1.807) is 11.3 Å². The van der Waals surface area contributed by atoms with Crippen molar-refractivity contribution in [2.24, 2.45) is 5.92 Å². The first-order chi connectivity index (χ1) is 13.7. The monoisotopic (exact) mass is 431 g/mol. The van der Waals surface area contributed by atoms with E-state index in [1.165, 1.54) is 30.9 Å².